The van der Waals surface area contributed by atoms with Gasteiger partial charge in [-0.15, -0.1) is 0 Å². The molecule has 1 N–H and O–H groups in total. The van der Waals surface area contributed by atoms with Crippen LogP contribution >= 0.6 is 11.6 Å². The molecule has 1 aromatic rings. The zero-order valence-corrected chi connectivity index (χ0v) is 11.0. The molecule has 0 amide bonds. The van der Waals surface area contributed by atoms with Gasteiger partial charge in [0, 0.05) is 11.4 Å². The molecule has 98 valence electrons. The van der Waals surface area contributed by atoms with Gasteiger partial charge in [0.15, 0.2) is 0 Å². The van der Waals surface area contributed by atoms with Crippen LogP contribution in [0.3, 0.4) is 0 Å². The van der Waals surface area contributed by atoms with Crippen molar-refractivity contribution in [2.75, 3.05) is 14.2 Å². The van der Waals surface area contributed by atoms with Crippen LogP contribution in [0.1, 0.15) is 18.1 Å². The van der Waals surface area contributed by atoms with Gasteiger partial charge in [0.1, 0.15) is 5.76 Å². The second-order valence-electron chi connectivity index (χ2n) is 3.61. The van der Waals surface area contributed by atoms with Crippen LogP contribution in [0.25, 0.3) is 0 Å². The summed E-state index contributed by atoms with van der Waals surface area (Å²) < 4.78 is 9.50. The van der Waals surface area contributed by atoms with Crippen molar-refractivity contribution in [2.45, 2.75) is 12.5 Å². The zero-order chi connectivity index (χ0) is 13.5. The van der Waals surface area contributed by atoms with Gasteiger partial charge >= 0.3 is 5.97 Å². The molecule has 0 aliphatic rings. The van der Waals surface area contributed by atoms with Crippen LogP contribution in [-0.4, -0.2) is 25.3 Å². The van der Waals surface area contributed by atoms with Gasteiger partial charge in [0.25, 0.3) is 0 Å². The van der Waals surface area contributed by atoms with Crippen molar-refractivity contribution in [2.24, 2.45) is 0 Å². The van der Waals surface area contributed by atoms with E-state index in [1.54, 1.807) is 24.3 Å². The number of methoxy groups -OCH3 is 2. The molecule has 1 atom stereocenters. The monoisotopic (exact) mass is 270 g/mol. The van der Waals surface area contributed by atoms with E-state index in [0.29, 0.717) is 16.3 Å². The molecule has 18 heavy (non-hydrogen) atoms. The molecule has 0 spiro atoms. The first-order valence-corrected chi connectivity index (χ1v) is 5.70. The number of carbonyl (C=O) groups is 1. The smallest absolute Gasteiger partial charge is 0.333 e. The second kappa shape index (κ2) is 7.03. The van der Waals surface area contributed by atoms with Crippen LogP contribution in [0.4, 0.5) is 0 Å². The van der Waals surface area contributed by atoms with Gasteiger partial charge in [-0.25, -0.2) is 4.79 Å². The van der Waals surface area contributed by atoms with Crippen molar-refractivity contribution in [1.82, 2.24) is 0 Å². The predicted molar refractivity (Wildman–Crippen MR) is 68.1 cm³/mol. The van der Waals surface area contributed by atoms with Gasteiger partial charge < -0.3 is 14.6 Å². The minimum absolute atomic E-state index is 0.173. The number of carbonyl (C=O) groups excluding carboxylic acids is 1. The van der Waals surface area contributed by atoms with Crippen LogP contribution in [0.15, 0.2) is 36.1 Å². The topological polar surface area (TPSA) is 55.8 Å². The van der Waals surface area contributed by atoms with Crippen molar-refractivity contribution < 1.29 is 19.4 Å². The highest BCUT2D eigenvalue weighted by molar-refractivity contribution is 6.30. The van der Waals surface area contributed by atoms with Crippen molar-refractivity contribution in [3.8, 4) is 0 Å². The van der Waals surface area contributed by atoms with Gasteiger partial charge in [-0.2, -0.15) is 0 Å². The molecule has 1 aromatic carbocycles. The Morgan fingerprint density at radius 1 is 1.44 bits per heavy atom. The Morgan fingerprint density at radius 2 is 2.17 bits per heavy atom. The van der Waals surface area contributed by atoms with E-state index in [1.165, 1.54) is 20.3 Å². The largest absolute Gasteiger partial charge is 0.501 e. The fourth-order valence-electron chi connectivity index (χ4n) is 1.41. The average molecular weight is 271 g/mol. The first-order valence-electron chi connectivity index (χ1n) is 5.33. The van der Waals surface area contributed by atoms with Gasteiger partial charge in [-0.1, -0.05) is 23.7 Å². The summed E-state index contributed by atoms with van der Waals surface area (Å²) in [5, 5.41) is 10.5. The maximum absolute atomic E-state index is 11.1. The molecule has 0 aliphatic heterocycles. The fraction of sp³-hybridized carbons (Fsp3) is 0.308. The SMILES string of the molecule is COC(=O)/C=C(/CC(O)c1cccc(Cl)c1)OC. The summed E-state index contributed by atoms with van der Waals surface area (Å²) in [6, 6.07) is 6.89. The molecule has 1 unspecified atom stereocenters. The van der Waals surface area contributed by atoms with Gasteiger partial charge in [0.2, 0.25) is 0 Å². The Bertz CT molecular complexity index is 442. The van der Waals surface area contributed by atoms with E-state index < -0.39 is 12.1 Å². The zero-order valence-electron chi connectivity index (χ0n) is 10.2. The highest BCUT2D eigenvalue weighted by atomic mass is 35.5. The summed E-state index contributed by atoms with van der Waals surface area (Å²) in [4.78, 5) is 11.1. The van der Waals surface area contributed by atoms with Crippen LogP contribution in [0.2, 0.25) is 5.02 Å². The Morgan fingerprint density at radius 3 is 2.72 bits per heavy atom. The van der Waals surface area contributed by atoms with Crippen LogP contribution in [0.5, 0.6) is 0 Å². The number of aliphatic hydroxyl groups is 1. The van der Waals surface area contributed by atoms with E-state index in [2.05, 4.69) is 4.74 Å². The van der Waals surface area contributed by atoms with E-state index in [9.17, 15) is 9.90 Å². The predicted octanol–water partition coefficient (Wildman–Crippen LogP) is 2.47. The van der Waals surface area contributed by atoms with Gasteiger partial charge in [0.05, 0.1) is 26.4 Å². The van der Waals surface area contributed by atoms with E-state index in [-0.39, 0.29) is 6.42 Å². The number of rotatable bonds is 5. The molecular formula is C13H15ClO4. The van der Waals surface area contributed by atoms with Crippen LogP contribution in [-0.2, 0) is 14.3 Å². The normalized spacial score (nSPS) is 13.0. The maximum Gasteiger partial charge on any atom is 0.333 e. The lowest BCUT2D eigenvalue weighted by Gasteiger charge is -2.13. The summed E-state index contributed by atoms with van der Waals surface area (Å²) in [5.74, 6) is -0.181. The summed E-state index contributed by atoms with van der Waals surface area (Å²) in [6.07, 6.45) is 0.583. The lowest BCUT2D eigenvalue weighted by atomic mass is 10.1. The lowest BCUT2D eigenvalue weighted by Crippen LogP contribution is -2.04. The number of benzene rings is 1. The molecule has 1 rings (SSSR count). The first kappa shape index (κ1) is 14.5. The van der Waals surface area contributed by atoms with E-state index in [0.717, 1.165) is 0 Å². The molecular weight excluding hydrogens is 256 g/mol. The van der Waals surface area contributed by atoms with Crippen LogP contribution in [0, 0.1) is 0 Å². The highest BCUT2D eigenvalue weighted by Gasteiger charge is 2.12. The minimum atomic E-state index is -0.792. The van der Waals surface area contributed by atoms with Crippen LogP contribution < -0.4 is 0 Å². The third-order valence-corrected chi connectivity index (χ3v) is 2.61. The summed E-state index contributed by atoms with van der Waals surface area (Å²) in [5.41, 5.74) is 0.662. The van der Waals surface area contributed by atoms with Gasteiger partial charge in [-0.05, 0) is 17.7 Å². The Labute approximate surface area is 111 Å². The number of ether oxygens (including phenoxy) is 2. The van der Waals surface area contributed by atoms with E-state index in [4.69, 9.17) is 16.3 Å². The fourth-order valence-corrected chi connectivity index (χ4v) is 1.61. The minimum Gasteiger partial charge on any atom is -0.501 e. The second-order valence-corrected chi connectivity index (χ2v) is 4.05. The summed E-state index contributed by atoms with van der Waals surface area (Å²) in [7, 11) is 2.71. The van der Waals surface area contributed by atoms with Crippen molar-refractivity contribution in [1.29, 1.82) is 0 Å². The molecule has 0 aromatic heterocycles. The lowest BCUT2D eigenvalue weighted by molar-refractivity contribution is -0.135. The highest BCUT2D eigenvalue weighted by Crippen LogP contribution is 2.23. The first-order chi connectivity index (χ1) is 8.56. The molecule has 0 aliphatic carbocycles. The van der Waals surface area contributed by atoms with Crippen molar-refractivity contribution >= 4 is 17.6 Å². The molecule has 0 saturated heterocycles. The maximum atomic E-state index is 11.1. The molecule has 0 radical (unpaired) electrons. The quantitative estimate of drug-likeness (QED) is 0.507. The number of hydrogen-bond acceptors (Lipinski definition) is 4. The van der Waals surface area contributed by atoms with Crippen molar-refractivity contribution in [3.63, 3.8) is 0 Å². The van der Waals surface area contributed by atoms with E-state index >= 15 is 0 Å². The molecule has 5 heteroatoms. The average Bonchev–Trinajstić information content (AvgIpc) is 2.37. The number of esters is 1. The van der Waals surface area contributed by atoms with Gasteiger partial charge in [-0.3, -0.25) is 0 Å². The third-order valence-electron chi connectivity index (χ3n) is 2.37. The Hall–Kier alpha value is -1.52. The molecule has 4 nitrogen and oxygen atoms in total. The number of aliphatic hydroxyl groups excluding tert-OH is 1. The third kappa shape index (κ3) is 4.39. The molecule has 0 fully saturated rings. The number of hydrogen-bond donors (Lipinski definition) is 1. The summed E-state index contributed by atoms with van der Waals surface area (Å²) in [6.45, 7) is 0. The van der Waals surface area contributed by atoms with Crippen molar-refractivity contribution in [3.05, 3.63) is 46.7 Å². The molecule has 0 heterocycles. The Balaban J connectivity index is 2.76. The molecule has 0 bridgehead atoms. The standard InChI is InChI=1S/C13H15ClO4/c1-17-11(8-13(16)18-2)7-12(15)9-4-3-5-10(14)6-9/h3-6,8,12,15H,7H2,1-2H3/b11-8-. The summed E-state index contributed by atoms with van der Waals surface area (Å²) >= 11 is 5.84. The van der Waals surface area contributed by atoms with E-state index in [1.807, 2.05) is 0 Å². The Kier molecular flexibility index (Phi) is 5.68. The molecule has 0 saturated carbocycles. The number of halogens is 1.